The number of hydrogen-bond donors (Lipinski definition) is 1. The Bertz CT molecular complexity index is 540. The normalized spacial score (nSPS) is 12.2. The van der Waals surface area contributed by atoms with Gasteiger partial charge in [0.1, 0.15) is 11.9 Å². The van der Waals surface area contributed by atoms with E-state index < -0.39 is 6.10 Å². The summed E-state index contributed by atoms with van der Waals surface area (Å²) in [5, 5.41) is 10.8. The van der Waals surface area contributed by atoms with Crippen molar-refractivity contribution in [1.82, 2.24) is 0 Å². The first-order valence-electron chi connectivity index (χ1n) is 5.39. The van der Waals surface area contributed by atoms with Crippen LogP contribution in [0.5, 0.6) is 5.75 Å². The Morgan fingerprint density at radius 3 is 2.33 bits per heavy atom. The number of methoxy groups -OCH3 is 1. The lowest BCUT2D eigenvalue weighted by Gasteiger charge is -2.13. The van der Waals surface area contributed by atoms with Gasteiger partial charge in [-0.1, -0.05) is 29.8 Å². The summed E-state index contributed by atoms with van der Waals surface area (Å²) in [5.41, 5.74) is 1.61. The van der Waals surface area contributed by atoms with Crippen molar-refractivity contribution in [2.24, 2.45) is 0 Å². The van der Waals surface area contributed by atoms with E-state index in [1.54, 1.807) is 25.3 Å². The molecule has 0 saturated heterocycles. The van der Waals surface area contributed by atoms with Gasteiger partial charge in [-0.15, -0.1) is 0 Å². The Morgan fingerprint density at radius 1 is 1.11 bits per heavy atom. The van der Waals surface area contributed by atoms with Crippen LogP contribution in [-0.4, -0.2) is 12.2 Å². The van der Waals surface area contributed by atoms with E-state index in [1.807, 2.05) is 24.3 Å². The van der Waals surface area contributed by atoms with Crippen molar-refractivity contribution in [2.75, 3.05) is 7.11 Å². The molecule has 1 N–H and O–H groups in total. The van der Waals surface area contributed by atoms with Gasteiger partial charge in [-0.05, 0) is 58.0 Å². The first-order valence-corrected chi connectivity index (χ1v) is 6.84. The molecular formula is C14H12ClIO2. The number of ether oxygens (including phenoxy) is 1. The SMILES string of the molecule is COc1cc(C(O)c2ccc(I)cc2)ccc1Cl. The molecule has 0 aliphatic carbocycles. The van der Waals surface area contributed by atoms with E-state index in [0.717, 1.165) is 14.7 Å². The zero-order chi connectivity index (χ0) is 13.1. The highest BCUT2D eigenvalue weighted by molar-refractivity contribution is 14.1. The fraction of sp³-hybridized carbons (Fsp3) is 0.143. The van der Waals surface area contributed by atoms with Crippen molar-refractivity contribution in [3.05, 3.63) is 62.2 Å². The molecule has 0 spiro atoms. The smallest absolute Gasteiger partial charge is 0.137 e. The Kier molecular flexibility index (Phi) is 4.48. The summed E-state index contributed by atoms with van der Waals surface area (Å²) in [7, 11) is 1.56. The monoisotopic (exact) mass is 374 g/mol. The first kappa shape index (κ1) is 13.6. The van der Waals surface area contributed by atoms with Crippen molar-refractivity contribution in [3.63, 3.8) is 0 Å². The van der Waals surface area contributed by atoms with Crippen LogP contribution >= 0.6 is 34.2 Å². The van der Waals surface area contributed by atoms with Crippen LogP contribution in [0, 0.1) is 3.57 Å². The van der Waals surface area contributed by atoms with E-state index in [2.05, 4.69) is 22.6 Å². The topological polar surface area (TPSA) is 29.5 Å². The Balaban J connectivity index is 2.33. The molecule has 1 unspecified atom stereocenters. The third kappa shape index (κ3) is 2.96. The highest BCUT2D eigenvalue weighted by Crippen LogP contribution is 2.30. The molecule has 18 heavy (non-hydrogen) atoms. The second-order valence-electron chi connectivity index (χ2n) is 3.85. The van der Waals surface area contributed by atoms with Crippen LogP contribution in [0.4, 0.5) is 0 Å². The maximum Gasteiger partial charge on any atom is 0.137 e. The minimum atomic E-state index is -0.673. The van der Waals surface area contributed by atoms with Crippen molar-refractivity contribution in [1.29, 1.82) is 0 Å². The van der Waals surface area contributed by atoms with Crippen LogP contribution < -0.4 is 4.74 Å². The zero-order valence-electron chi connectivity index (χ0n) is 9.73. The first-order chi connectivity index (χ1) is 8.61. The number of aliphatic hydroxyl groups is 1. The largest absolute Gasteiger partial charge is 0.495 e. The summed E-state index contributed by atoms with van der Waals surface area (Å²) in [6.07, 6.45) is -0.673. The van der Waals surface area contributed by atoms with Gasteiger partial charge in [-0.2, -0.15) is 0 Å². The van der Waals surface area contributed by atoms with Crippen molar-refractivity contribution in [3.8, 4) is 5.75 Å². The van der Waals surface area contributed by atoms with Gasteiger partial charge in [0.15, 0.2) is 0 Å². The molecule has 2 aromatic rings. The van der Waals surface area contributed by atoms with Crippen molar-refractivity contribution < 1.29 is 9.84 Å². The molecule has 0 saturated carbocycles. The molecule has 94 valence electrons. The third-order valence-corrected chi connectivity index (χ3v) is 3.71. The number of aliphatic hydroxyl groups excluding tert-OH is 1. The lowest BCUT2D eigenvalue weighted by molar-refractivity contribution is 0.220. The average molecular weight is 375 g/mol. The second kappa shape index (κ2) is 5.91. The average Bonchev–Trinajstić information content (AvgIpc) is 2.39. The molecule has 2 aromatic carbocycles. The Hall–Kier alpha value is -0.780. The van der Waals surface area contributed by atoms with Crippen LogP contribution in [0.3, 0.4) is 0 Å². The Morgan fingerprint density at radius 2 is 1.72 bits per heavy atom. The highest BCUT2D eigenvalue weighted by atomic mass is 127. The minimum Gasteiger partial charge on any atom is -0.495 e. The summed E-state index contributed by atoms with van der Waals surface area (Å²) < 4.78 is 6.28. The number of halogens is 2. The molecule has 4 heteroatoms. The molecule has 0 radical (unpaired) electrons. The molecule has 0 aliphatic rings. The predicted molar refractivity (Wildman–Crippen MR) is 81.2 cm³/mol. The minimum absolute atomic E-state index is 0.538. The number of hydrogen-bond acceptors (Lipinski definition) is 2. The van der Waals surface area contributed by atoms with Crippen molar-refractivity contribution in [2.45, 2.75) is 6.10 Å². The van der Waals surface area contributed by atoms with E-state index in [4.69, 9.17) is 16.3 Å². The van der Waals surface area contributed by atoms with E-state index >= 15 is 0 Å². The van der Waals surface area contributed by atoms with Gasteiger partial charge in [-0.25, -0.2) is 0 Å². The maximum atomic E-state index is 10.3. The molecule has 0 heterocycles. The van der Waals surface area contributed by atoms with E-state index in [-0.39, 0.29) is 0 Å². The molecule has 0 aromatic heterocycles. The van der Waals surface area contributed by atoms with Gasteiger partial charge in [0.2, 0.25) is 0 Å². The molecular weight excluding hydrogens is 363 g/mol. The number of rotatable bonds is 3. The summed E-state index contributed by atoms with van der Waals surface area (Å²) in [6, 6.07) is 13.0. The zero-order valence-corrected chi connectivity index (χ0v) is 12.6. The second-order valence-corrected chi connectivity index (χ2v) is 5.50. The van der Waals surface area contributed by atoms with Gasteiger partial charge in [0, 0.05) is 3.57 Å². The van der Waals surface area contributed by atoms with E-state index in [1.165, 1.54) is 0 Å². The summed E-state index contributed by atoms with van der Waals surface area (Å²) in [5.74, 6) is 0.568. The molecule has 2 rings (SSSR count). The van der Waals surface area contributed by atoms with Crippen molar-refractivity contribution >= 4 is 34.2 Å². The van der Waals surface area contributed by atoms with Crippen LogP contribution in [0.2, 0.25) is 5.02 Å². The van der Waals surface area contributed by atoms with Gasteiger partial charge in [0.25, 0.3) is 0 Å². The summed E-state index contributed by atoms with van der Waals surface area (Å²) >= 11 is 8.19. The molecule has 1 atom stereocenters. The molecule has 0 fully saturated rings. The molecule has 2 nitrogen and oxygen atoms in total. The van der Waals surface area contributed by atoms with Gasteiger partial charge in [-0.3, -0.25) is 0 Å². The lowest BCUT2D eigenvalue weighted by Crippen LogP contribution is -2.00. The van der Waals surface area contributed by atoms with Gasteiger partial charge in [0.05, 0.1) is 12.1 Å². The summed E-state index contributed by atoms with van der Waals surface area (Å²) in [4.78, 5) is 0. The molecule has 0 amide bonds. The van der Waals surface area contributed by atoms with Crippen LogP contribution in [-0.2, 0) is 0 Å². The number of benzene rings is 2. The molecule has 0 bridgehead atoms. The van der Waals surface area contributed by atoms with E-state index in [0.29, 0.717) is 10.8 Å². The predicted octanol–water partition coefficient (Wildman–Crippen LogP) is 4.03. The van der Waals surface area contributed by atoms with Crippen LogP contribution in [0.15, 0.2) is 42.5 Å². The lowest BCUT2D eigenvalue weighted by atomic mass is 10.0. The molecule has 0 aliphatic heterocycles. The van der Waals surface area contributed by atoms with Gasteiger partial charge < -0.3 is 9.84 Å². The van der Waals surface area contributed by atoms with Crippen LogP contribution in [0.1, 0.15) is 17.2 Å². The fourth-order valence-corrected chi connectivity index (χ4v) is 2.24. The standard InChI is InChI=1S/C14H12ClIO2/c1-18-13-8-10(4-7-12(13)15)14(17)9-2-5-11(16)6-3-9/h2-8,14,17H,1H3. The third-order valence-electron chi connectivity index (χ3n) is 2.68. The van der Waals surface area contributed by atoms with Crippen LogP contribution in [0.25, 0.3) is 0 Å². The van der Waals surface area contributed by atoms with Gasteiger partial charge >= 0.3 is 0 Å². The maximum absolute atomic E-state index is 10.3. The van der Waals surface area contributed by atoms with E-state index in [9.17, 15) is 5.11 Å². The quantitative estimate of drug-likeness (QED) is 0.822. The highest BCUT2D eigenvalue weighted by Gasteiger charge is 2.12. The summed E-state index contributed by atoms with van der Waals surface area (Å²) in [6.45, 7) is 0. The Labute approximate surface area is 125 Å². The fourth-order valence-electron chi connectivity index (χ4n) is 1.68.